The second-order valence-electron chi connectivity index (χ2n) is 10.3. The smallest absolute Gasteiger partial charge is 0.279 e. The Morgan fingerprint density at radius 1 is 1.26 bits per heavy atom. The number of methoxy groups -OCH3 is 1. The second kappa shape index (κ2) is 12.2. The SMILES string of the molecule is COc1cc(Nc2cc(CO)[nH]n2)nc(N(C)[C@@H]2C[C@H](C)CCC[C@H](CNS(=O)(=O)N3CC(C#N)C3)C2)n1. The number of nitriles is 1. The highest BCUT2D eigenvalue weighted by molar-refractivity contribution is 7.87. The summed E-state index contributed by atoms with van der Waals surface area (Å²) in [5.74, 6) is 2.34. The summed E-state index contributed by atoms with van der Waals surface area (Å²) in [6.45, 7) is 2.96. The first-order valence-corrected chi connectivity index (χ1v) is 14.4. The van der Waals surface area contributed by atoms with Gasteiger partial charge in [-0.15, -0.1) is 0 Å². The van der Waals surface area contributed by atoms with E-state index in [1.54, 1.807) is 19.2 Å². The Morgan fingerprint density at radius 2 is 2.05 bits per heavy atom. The average molecular weight is 548 g/mol. The van der Waals surface area contributed by atoms with Gasteiger partial charge in [-0.3, -0.25) is 5.10 Å². The molecule has 0 bridgehead atoms. The van der Waals surface area contributed by atoms with Gasteiger partial charge in [-0.25, -0.2) is 4.72 Å². The standard InChI is InChI=1S/C24H37N9O4S/c1-16-5-4-6-17(12-26-38(35,36)33-13-18(11-25)14-33)8-20(7-16)32(2)24-28-21(10-23(29-24)37-3)27-22-9-19(15-34)30-31-22/h9-10,16-18,20,26,34H,4-8,12-15H2,1-3H3,(H2,27,28,29,30,31)/t16-,17+,20-/m1/s1. The van der Waals surface area contributed by atoms with Crippen molar-refractivity contribution in [2.24, 2.45) is 17.8 Å². The molecule has 38 heavy (non-hydrogen) atoms. The number of anilines is 3. The predicted molar refractivity (Wildman–Crippen MR) is 142 cm³/mol. The summed E-state index contributed by atoms with van der Waals surface area (Å²) in [7, 11) is -0.0827. The first-order chi connectivity index (χ1) is 18.2. The van der Waals surface area contributed by atoms with Gasteiger partial charge in [0.05, 0.1) is 31.4 Å². The van der Waals surface area contributed by atoms with Gasteiger partial charge in [0.25, 0.3) is 10.2 Å². The molecule has 0 unspecified atom stereocenters. The monoisotopic (exact) mass is 547 g/mol. The van der Waals surface area contributed by atoms with Gasteiger partial charge in [0, 0.05) is 44.9 Å². The van der Waals surface area contributed by atoms with E-state index >= 15 is 0 Å². The van der Waals surface area contributed by atoms with Gasteiger partial charge >= 0.3 is 0 Å². The summed E-state index contributed by atoms with van der Waals surface area (Å²) < 4.78 is 34.9. The van der Waals surface area contributed by atoms with Crippen molar-refractivity contribution in [3.05, 3.63) is 17.8 Å². The molecule has 2 aliphatic rings. The van der Waals surface area contributed by atoms with Crippen molar-refractivity contribution in [1.29, 1.82) is 5.26 Å². The molecule has 2 aromatic heterocycles. The van der Waals surface area contributed by atoms with Crippen molar-refractivity contribution in [3.63, 3.8) is 0 Å². The Labute approximate surface area is 223 Å². The fourth-order valence-corrected chi connectivity index (χ4v) is 6.39. The summed E-state index contributed by atoms with van der Waals surface area (Å²) in [4.78, 5) is 11.3. The molecular weight excluding hydrogens is 510 g/mol. The maximum atomic E-state index is 12.7. The Hall–Kier alpha value is -2.99. The van der Waals surface area contributed by atoms with Gasteiger partial charge in [-0.2, -0.15) is 33.1 Å². The van der Waals surface area contributed by atoms with Crippen LogP contribution in [-0.2, 0) is 16.8 Å². The second-order valence-corrected chi connectivity index (χ2v) is 12.0. The molecule has 3 atom stereocenters. The Kier molecular flexibility index (Phi) is 9.03. The van der Waals surface area contributed by atoms with Crippen LogP contribution < -0.4 is 19.7 Å². The van der Waals surface area contributed by atoms with Crippen LogP contribution >= 0.6 is 0 Å². The fourth-order valence-electron chi connectivity index (χ4n) is 5.01. The van der Waals surface area contributed by atoms with Gasteiger partial charge in [0.2, 0.25) is 11.8 Å². The minimum absolute atomic E-state index is 0.0955. The van der Waals surface area contributed by atoms with E-state index < -0.39 is 10.2 Å². The van der Waals surface area contributed by atoms with Crippen LogP contribution in [0, 0.1) is 29.1 Å². The molecule has 208 valence electrons. The third-order valence-corrected chi connectivity index (χ3v) is 8.84. The van der Waals surface area contributed by atoms with Crippen molar-refractivity contribution < 1.29 is 18.3 Å². The zero-order valence-corrected chi connectivity index (χ0v) is 22.9. The summed E-state index contributed by atoms with van der Waals surface area (Å²) in [5, 5.41) is 28.2. The van der Waals surface area contributed by atoms with Crippen molar-refractivity contribution in [3.8, 4) is 11.9 Å². The zero-order valence-electron chi connectivity index (χ0n) is 22.1. The number of hydrogen-bond donors (Lipinski definition) is 4. The number of H-pyrrole nitrogens is 1. The summed E-state index contributed by atoms with van der Waals surface area (Å²) in [5.41, 5.74) is 0.579. The predicted octanol–water partition coefficient (Wildman–Crippen LogP) is 1.76. The molecule has 2 aromatic rings. The zero-order chi connectivity index (χ0) is 27.3. The number of aliphatic hydroxyl groups excluding tert-OH is 1. The lowest BCUT2D eigenvalue weighted by Crippen LogP contribution is -2.54. The Balaban J connectivity index is 1.47. The first-order valence-electron chi connectivity index (χ1n) is 12.9. The quantitative estimate of drug-likeness (QED) is 0.343. The number of rotatable bonds is 10. The van der Waals surface area contributed by atoms with Crippen LogP contribution in [-0.4, -0.2) is 77.8 Å². The molecule has 1 aliphatic carbocycles. The van der Waals surface area contributed by atoms with Crippen molar-refractivity contribution in [2.75, 3.05) is 44.0 Å². The average Bonchev–Trinajstić information content (AvgIpc) is 3.31. The van der Waals surface area contributed by atoms with E-state index in [-0.39, 0.29) is 37.6 Å². The van der Waals surface area contributed by atoms with Crippen molar-refractivity contribution in [1.82, 2.24) is 29.2 Å². The number of aliphatic hydroxyl groups is 1. The van der Waals surface area contributed by atoms with Gasteiger partial charge in [0.1, 0.15) is 5.82 Å². The normalized spacial score (nSPS) is 23.1. The van der Waals surface area contributed by atoms with E-state index in [9.17, 15) is 13.5 Å². The lowest BCUT2D eigenvalue weighted by molar-refractivity contribution is 0.242. The Morgan fingerprint density at radius 3 is 2.74 bits per heavy atom. The van der Waals surface area contributed by atoms with Gasteiger partial charge in [0.15, 0.2) is 5.82 Å². The van der Waals surface area contributed by atoms with E-state index in [0.29, 0.717) is 41.6 Å². The molecular formula is C24H37N9O4S. The molecule has 1 saturated heterocycles. The molecule has 0 amide bonds. The summed E-state index contributed by atoms with van der Waals surface area (Å²) in [6.07, 6.45) is 4.76. The maximum Gasteiger partial charge on any atom is 0.279 e. The molecule has 4 rings (SSSR count). The molecule has 3 heterocycles. The molecule has 14 heteroatoms. The lowest BCUT2D eigenvalue weighted by Gasteiger charge is -2.37. The van der Waals surface area contributed by atoms with E-state index in [0.717, 1.165) is 32.1 Å². The van der Waals surface area contributed by atoms with Crippen LogP contribution in [0.2, 0.25) is 0 Å². The van der Waals surface area contributed by atoms with Crippen molar-refractivity contribution >= 4 is 27.8 Å². The van der Waals surface area contributed by atoms with E-state index in [1.165, 1.54) is 4.31 Å². The van der Waals surface area contributed by atoms with Crippen LogP contribution in [0.25, 0.3) is 0 Å². The minimum atomic E-state index is -3.59. The summed E-state index contributed by atoms with van der Waals surface area (Å²) >= 11 is 0. The van der Waals surface area contributed by atoms with Crippen LogP contribution in [0.4, 0.5) is 17.6 Å². The fraction of sp³-hybridized carbons (Fsp3) is 0.667. The maximum absolute atomic E-state index is 12.7. The van der Waals surface area contributed by atoms with Crippen LogP contribution in [0.1, 0.15) is 44.7 Å². The summed E-state index contributed by atoms with van der Waals surface area (Å²) in [6, 6.07) is 5.58. The molecule has 0 spiro atoms. The molecule has 0 radical (unpaired) electrons. The topological polar surface area (TPSA) is 172 Å². The lowest BCUT2D eigenvalue weighted by atomic mass is 9.83. The number of aromatic amines is 1. The van der Waals surface area contributed by atoms with Gasteiger partial charge in [-0.1, -0.05) is 19.8 Å². The van der Waals surface area contributed by atoms with Crippen LogP contribution in [0.3, 0.4) is 0 Å². The molecule has 13 nitrogen and oxygen atoms in total. The molecule has 1 saturated carbocycles. The third kappa shape index (κ3) is 6.90. The molecule has 0 aromatic carbocycles. The molecule has 4 N–H and O–H groups in total. The Bertz CT molecular complexity index is 1230. The number of ether oxygens (including phenoxy) is 1. The molecule has 2 fully saturated rings. The molecule has 1 aliphatic heterocycles. The largest absolute Gasteiger partial charge is 0.481 e. The van der Waals surface area contributed by atoms with E-state index in [1.807, 2.05) is 11.9 Å². The van der Waals surface area contributed by atoms with E-state index in [4.69, 9.17) is 15.0 Å². The highest BCUT2D eigenvalue weighted by Crippen LogP contribution is 2.31. The van der Waals surface area contributed by atoms with Gasteiger partial charge in [-0.05, 0) is 31.1 Å². The van der Waals surface area contributed by atoms with Crippen molar-refractivity contribution in [2.45, 2.75) is 51.7 Å². The first kappa shape index (κ1) is 28.0. The van der Waals surface area contributed by atoms with E-state index in [2.05, 4.69) is 38.2 Å². The highest BCUT2D eigenvalue weighted by atomic mass is 32.2. The van der Waals surface area contributed by atoms with Crippen LogP contribution in [0.15, 0.2) is 12.1 Å². The third-order valence-electron chi connectivity index (χ3n) is 7.33. The highest BCUT2D eigenvalue weighted by Gasteiger charge is 2.36. The van der Waals surface area contributed by atoms with Crippen LogP contribution in [0.5, 0.6) is 5.88 Å². The number of hydrogen-bond acceptors (Lipinski definition) is 10. The number of nitrogens with one attached hydrogen (secondary N) is 3. The number of aromatic nitrogens is 4. The minimum Gasteiger partial charge on any atom is -0.481 e. The number of nitrogens with zero attached hydrogens (tertiary/aromatic N) is 6. The van der Waals surface area contributed by atoms with Gasteiger partial charge < -0.3 is 20.1 Å².